The number of hydrogen-bond donors (Lipinski definition) is 1. The second kappa shape index (κ2) is 7.33. The van der Waals surface area contributed by atoms with Crippen LogP contribution in [0.3, 0.4) is 0 Å². The highest BCUT2D eigenvalue weighted by Gasteiger charge is 2.08. The van der Waals surface area contributed by atoms with Crippen molar-refractivity contribution in [1.29, 1.82) is 0 Å². The molecule has 0 aliphatic heterocycles. The molecule has 0 bridgehead atoms. The van der Waals surface area contributed by atoms with Crippen LogP contribution in [0.15, 0.2) is 32.7 Å². The van der Waals surface area contributed by atoms with Gasteiger partial charge in [0.2, 0.25) is 0 Å². The summed E-state index contributed by atoms with van der Waals surface area (Å²) >= 11 is 12.4. The molecule has 0 amide bonds. The Hall–Kier alpha value is -0.0300. The maximum absolute atomic E-state index is 5.56. The van der Waals surface area contributed by atoms with Crippen LogP contribution >= 0.6 is 43.5 Å². The summed E-state index contributed by atoms with van der Waals surface area (Å²) in [6.45, 7) is 1.27. The minimum Gasteiger partial charge on any atom is -0.487 e. The fourth-order valence-corrected chi connectivity index (χ4v) is 2.81. The third-order valence-corrected chi connectivity index (χ3v) is 3.21. The summed E-state index contributed by atoms with van der Waals surface area (Å²) in [6.07, 6.45) is 1.74. The van der Waals surface area contributed by atoms with Gasteiger partial charge in [-0.25, -0.2) is 0 Å². The van der Waals surface area contributed by atoms with Crippen LogP contribution in [0.2, 0.25) is 0 Å². The Morgan fingerprint density at radius 2 is 2.00 bits per heavy atom. The average molecular weight is 369 g/mol. The molecule has 1 N–H and O–H groups in total. The van der Waals surface area contributed by atoms with Crippen LogP contribution in [-0.4, -0.2) is 13.7 Å². The van der Waals surface area contributed by atoms with E-state index in [0.717, 1.165) is 21.2 Å². The fraction of sp³-hybridized carbons (Fsp3) is 0.273. The molecule has 1 aromatic rings. The lowest BCUT2D eigenvalue weighted by Gasteiger charge is -2.10. The van der Waals surface area contributed by atoms with E-state index in [1.807, 2.05) is 19.2 Å². The maximum atomic E-state index is 5.56. The van der Waals surface area contributed by atoms with Crippen molar-refractivity contribution in [3.05, 3.63) is 38.3 Å². The highest BCUT2D eigenvalue weighted by molar-refractivity contribution is 9.11. The molecule has 16 heavy (non-hydrogen) atoms. The van der Waals surface area contributed by atoms with E-state index in [1.165, 1.54) is 11.1 Å². The molecule has 1 rings (SSSR count). The standard InChI is InChI=1S/C11H12Br2ClNO/c1-15-7-8-5-9(12)11(10(13)6-8)16-4-2-3-14/h2-3,5-6,15H,4,7H2,1H3/b3-2+. The summed E-state index contributed by atoms with van der Waals surface area (Å²) in [5, 5.41) is 3.10. The Morgan fingerprint density at radius 3 is 2.50 bits per heavy atom. The van der Waals surface area contributed by atoms with E-state index >= 15 is 0 Å². The normalized spacial score (nSPS) is 11.0. The van der Waals surface area contributed by atoms with E-state index in [-0.39, 0.29) is 0 Å². The molecule has 5 heteroatoms. The average Bonchev–Trinajstić information content (AvgIpc) is 2.23. The lowest BCUT2D eigenvalue weighted by Crippen LogP contribution is -2.05. The lowest BCUT2D eigenvalue weighted by atomic mass is 10.2. The van der Waals surface area contributed by atoms with Crippen molar-refractivity contribution >= 4 is 43.5 Å². The molecule has 0 aliphatic rings. The monoisotopic (exact) mass is 367 g/mol. The van der Waals surface area contributed by atoms with Gasteiger partial charge in [-0.2, -0.15) is 0 Å². The first-order chi connectivity index (χ1) is 7.69. The molecule has 0 fully saturated rings. The van der Waals surface area contributed by atoms with Crippen LogP contribution in [0.5, 0.6) is 5.75 Å². The molecular formula is C11H12Br2ClNO. The molecule has 1 aromatic carbocycles. The van der Waals surface area contributed by atoms with Crippen molar-refractivity contribution in [3.8, 4) is 5.75 Å². The van der Waals surface area contributed by atoms with Gasteiger partial charge in [-0.15, -0.1) is 0 Å². The molecule has 0 atom stereocenters. The van der Waals surface area contributed by atoms with Gasteiger partial charge in [0.15, 0.2) is 0 Å². The largest absolute Gasteiger partial charge is 0.487 e. The van der Waals surface area contributed by atoms with E-state index in [0.29, 0.717) is 6.61 Å². The SMILES string of the molecule is CNCc1cc(Br)c(OC/C=C/Cl)c(Br)c1. The first-order valence-electron chi connectivity index (χ1n) is 4.69. The van der Waals surface area contributed by atoms with Crippen LogP contribution in [0, 0.1) is 0 Å². The summed E-state index contributed by atoms with van der Waals surface area (Å²) in [7, 11) is 1.91. The van der Waals surface area contributed by atoms with Crippen molar-refractivity contribution in [2.75, 3.05) is 13.7 Å². The van der Waals surface area contributed by atoms with E-state index in [9.17, 15) is 0 Å². The smallest absolute Gasteiger partial charge is 0.148 e. The van der Waals surface area contributed by atoms with Crippen molar-refractivity contribution in [1.82, 2.24) is 5.32 Å². The summed E-state index contributed by atoms with van der Waals surface area (Å²) in [6, 6.07) is 4.06. The first-order valence-corrected chi connectivity index (χ1v) is 6.71. The maximum Gasteiger partial charge on any atom is 0.148 e. The topological polar surface area (TPSA) is 21.3 Å². The van der Waals surface area contributed by atoms with Gasteiger partial charge in [0.25, 0.3) is 0 Å². The molecule has 0 spiro atoms. The highest BCUT2D eigenvalue weighted by Crippen LogP contribution is 2.34. The molecule has 0 aromatic heterocycles. The summed E-state index contributed by atoms with van der Waals surface area (Å²) in [5.41, 5.74) is 2.62. The number of benzene rings is 1. The second-order valence-corrected chi connectivity index (χ2v) is 5.05. The zero-order valence-electron chi connectivity index (χ0n) is 8.77. The van der Waals surface area contributed by atoms with Crippen LogP contribution in [0.25, 0.3) is 0 Å². The van der Waals surface area contributed by atoms with Crippen molar-refractivity contribution in [2.45, 2.75) is 6.54 Å². The molecule has 0 heterocycles. The van der Waals surface area contributed by atoms with E-state index < -0.39 is 0 Å². The quantitative estimate of drug-likeness (QED) is 0.845. The molecule has 0 saturated carbocycles. The number of nitrogens with one attached hydrogen (secondary N) is 1. The Bertz CT molecular complexity index is 359. The molecular weight excluding hydrogens is 357 g/mol. The minimum absolute atomic E-state index is 0.450. The van der Waals surface area contributed by atoms with Gasteiger partial charge in [0, 0.05) is 12.1 Å². The molecule has 0 radical (unpaired) electrons. The second-order valence-electron chi connectivity index (χ2n) is 3.09. The van der Waals surface area contributed by atoms with Gasteiger partial charge in [-0.05, 0) is 62.7 Å². The predicted molar refractivity (Wildman–Crippen MR) is 75.1 cm³/mol. The number of ether oxygens (including phenoxy) is 1. The first kappa shape index (κ1) is 14.0. The molecule has 0 saturated heterocycles. The molecule has 2 nitrogen and oxygen atoms in total. The van der Waals surface area contributed by atoms with Crippen molar-refractivity contribution < 1.29 is 4.74 Å². The van der Waals surface area contributed by atoms with Crippen LogP contribution < -0.4 is 10.1 Å². The number of rotatable bonds is 5. The van der Waals surface area contributed by atoms with Gasteiger partial charge < -0.3 is 10.1 Å². The zero-order valence-corrected chi connectivity index (χ0v) is 12.7. The molecule has 0 aliphatic carbocycles. The van der Waals surface area contributed by atoms with Crippen LogP contribution in [0.1, 0.15) is 5.56 Å². The van der Waals surface area contributed by atoms with E-state index in [4.69, 9.17) is 16.3 Å². The Labute approximate surface area is 117 Å². The Balaban J connectivity index is 2.84. The number of hydrogen-bond acceptors (Lipinski definition) is 2. The third kappa shape index (κ3) is 4.09. The third-order valence-electron chi connectivity index (χ3n) is 1.85. The van der Waals surface area contributed by atoms with Crippen LogP contribution in [-0.2, 0) is 6.54 Å². The minimum atomic E-state index is 0.450. The summed E-state index contributed by atoms with van der Waals surface area (Å²) in [5.74, 6) is 0.787. The van der Waals surface area contributed by atoms with Crippen molar-refractivity contribution in [2.24, 2.45) is 0 Å². The van der Waals surface area contributed by atoms with Gasteiger partial charge in [-0.1, -0.05) is 11.6 Å². The van der Waals surface area contributed by atoms with E-state index in [1.54, 1.807) is 6.08 Å². The molecule has 88 valence electrons. The van der Waals surface area contributed by atoms with E-state index in [2.05, 4.69) is 37.2 Å². The molecule has 0 unspecified atom stereocenters. The summed E-state index contributed by atoms with van der Waals surface area (Å²) < 4.78 is 7.41. The van der Waals surface area contributed by atoms with Crippen molar-refractivity contribution in [3.63, 3.8) is 0 Å². The van der Waals surface area contributed by atoms with Gasteiger partial charge >= 0.3 is 0 Å². The van der Waals surface area contributed by atoms with Gasteiger partial charge in [0.05, 0.1) is 8.95 Å². The van der Waals surface area contributed by atoms with Crippen LogP contribution in [0.4, 0.5) is 0 Å². The zero-order chi connectivity index (χ0) is 12.0. The Morgan fingerprint density at radius 1 is 1.38 bits per heavy atom. The Kier molecular flexibility index (Phi) is 6.43. The lowest BCUT2D eigenvalue weighted by molar-refractivity contribution is 0.358. The number of halogens is 3. The fourth-order valence-electron chi connectivity index (χ4n) is 1.22. The predicted octanol–water partition coefficient (Wildman–Crippen LogP) is 4.06. The van der Waals surface area contributed by atoms with Gasteiger partial charge in [0.1, 0.15) is 12.4 Å². The summed E-state index contributed by atoms with van der Waals surface area (Å²) in [4.78, 5) is 0. The van der Waals surface area contributed by atoms with Gasteiger partial charge in [-0.3, -0.25) is 0 Å². The highest BCUT2D eigenvalue weighted by atomic mass is 79.9.